The highest BCUT2D eigenvalue weighted by molar-refractivity contribution is 7.59. The SMILES string of the molecule is C.CC(C)C[C@H](NC(=O)c1csc(-c2ccccc2)n1)C(=O)N1CC[C@H]2OCC(=O)[C@H]21.S.S. The Morgan fingerprint density at radius 1 is 1.24 bits per heavy atom. The first kappa shape index (κ1) is 29.2. The van der Waals surface area contributed by atoms with E-state index < -0.39 is 12.1 Å². The molecular formula is C23H33N3O4S3. The summed E-state index contributed by atoms with van der Waals surface area (Å²) in [5, 5.41) is 5.32. The first-order valence-corrected chi connectivity index (χ1v) is 11.1. The maximum Gasteiger partial charge on any atom is 0.271 e. The van der Waals surface area contributed by atoms with Crippen LogP contribution in [0.2, 0.25) is 0 Å². The molecule has 2 aliphatic rings. The third-order valence-corrected chi connectivity index (χ3v) is 6.35. The summed E-state index contributed by atoms with van der Waals surface area (Å²) in [6, 6.07) is 8.43. The minimum Gasteiger partial charge on any atom is -0.368 e. The second kappa shape index (κ2) is 12.5. The zero-order valence-electron chi connectivity index (χ0n) is 18.0. The van der Waals surface area contributed by atoms with E-state index in [1.165, 1.54) is 11.3 Å². The number of benzene rings is 1. The van der Waals surface area contributed by atoms with Crippen molar-refractivity contribution in [3.05, 3.63) is 41.4 Å². The van der Waals surface area contributed by atoms with Crippen LogP contribution in [0.25, 0.3) is 10.6 Å². The molecule has 33 heavy (non-hydrogen) atoms. The number of hydrogen-bond acceptors (Lipinski definition) is 6. The molecule has 2 aliphatic heterocycles. The highest BCUT2D eigenvalue weighted by Gasteiger charge is 2.48. The molecule has 4 rings (SSSR count). The molecule has 0 radical (unpaired) electrons. The number of carbonyl (C=O) groups excluding carboxylic acids is 3. The lowest BCUT2D eigenvalue weighted by molar-refractivity contribution is -0.138. The molecule has 2 amide bonds. The lowest BCUT2D eigenvalue weighted by Gasteiger charge is -2.28. The smallest absolute Gasteiger partial charge is 0.271 e. The van der Waals surface area contributed by atoms with Crippen molar-refractivity contribution in [3.8, 4) is 10.6 Å². The van der Waals surface area contributed by atoms with Crippen LogP contribution in [0, 0.1) is 5.92 Å². The molecule has 3 atom stereocenters. The Balaban J connectivity index is 0.00000181. The number of hydrogen-bond donors (Lipinski definition) is 1. The number of aromatic nitrogens is 1. The Morgan fingerprint density at radius 2 is 1.94 bits per heavy atom. The molecule has 0 aliphatic carbocycles. The monoisotopic (exact) mass is 511 g/mol. The third kappa shape index (κ3) is 6.38. The number of amides is 2. The summed E-state index contributed by atoms with van der Waals surface area (Å²) in [4.78, 5) is 44.3. The van der Waals surface area contributed by atoms with Crippen molar-refractivity contribution in [2.45, 2.75) is 52.3 Å². The summed E-state index contributed by atoms with van der Waals surface area (Å²) >= 11 is 1.39. The Hall–Kier alpha value is -1.88. The van der Waals surface area contributed by atoms with Gasteiger partial charge in [-0.25, -0.2) is 4.98 Å². The number of nitrogens with one attached hydrogen (secondary N) is 1. The molecule has 0 bridgehead atoms. The molecular weight excluding hydrogens is 478 g/mol. The molecule has 2 fully saturated rings. The van der Waals surface area contributed by atoms with Gasteiger partial charge in [-0.1, -0.05) is 51.6 Å². The van der Waals surface area contributed by atoms with Gasteiger partial charge in [-0.15, -0.1) is 11.3 Å². The first-order valence-electron chi connectivity index (χ1n) is 10.2. The molecule has 1 aromatic heterocycles. The number of rotatable bonds is 6. The number of fused-ring (bicyclic) bond motifs is 1. The fourth-order valence-corrected chi connectivity index (χ4v) is 4.86. The predicted octanol–water partition coefficient (Wildman–Crippen LogP) is 3.39. The molecule has 0 spiro atoms. The van der Waals surface area contributed by atoms with E-state index in [0.29, 0.717) is 25.1 Å². The minimum atomic E-state index is -0.702. The zero-order valence-corrected chi connectivity index (χ0v) is 20.9. The number of ketones is 1. The van der Waals surface area contributed by atoms with Crippen LogP contribution in [0.3, 0.4) is 0 Å². The molecule has 3 heterocycles. The van der Waals surface area contributed by atoms with Crippen LogP contribution < -0.4 is 5.32 Å². The summed E-state index contributed by atoms with van der Waals surface area (Å²) in [7, 11) is 0. The molecule has 7 nitrogen and oxygen atoms in total. The normalized spacial score (nSPS) is 19.7. The van der Waals surface area contributed by atoms with Crippen molar-refractivity contribution < 1.29 is 19.1 Å². The van der Waals surface area contributed by atoms with Crippen molar-refractivity contribution in [2.75, 3.05) is 13.2 Å². The molecule has 1 aromatic carbocycles. The van der Waals surface area contributed by atoms with Crippen LogP contribution in [0.4, 0.5) is 0 Å². The van der Waals surface area contributed by atoms with Crippen molar-refractivity contribution in [2.24, 2.45) is 5.92 Å². The highest BCUT2D eigenvalue weighted by atomic mass is 32.1. The second-order valence-electron chi connectivity index (χ2n) is 8.14. The summed E-state index contributed by atoms with van der Waals surface area (Å²) in [6.07, 6.45) is 0.920. The molecule has 0 saturated carbocycles. The van der Waals surface area contributed by atoms with Gasteiger partial charge in [-0.3, -0.25) is 14.4 Å². The van der Waals surface area contributed by atoms with Gasteiger partial charge in [0.05, 0.1) is 6.10 Å². The molecule has 10 heteroatoms. The van der Waals surface area contributed by atoms with E-state index in [9.17, 15) is 14.4 Å². The number of likely N-dealkylation sites (tertiary alicyclic amines) is 1. The van der Waals surface area contributed by atoms with Crippen molar-refractivity contribution in [3.63, 3.8) is 0 Å². The minimum absolute atomic E-state index is 0. The average molecular weight is 512 g/mol. The maximum atomic E-state index is 13.2. The fourth-order valence-electron chi connectivity index (χ4n) is 4.06. The Morgan fingerprint density at radius 3 is 2.61 bits per heavy atom. The van der Waals surface area contributed by atoms with Gasteiger partial charge in [0.25, 0.3) is 5.91 Å². The van der Waals surface area contributed by atoms with Gasteiger partial charge in [0.2, 0.25) is 5.91 Å². The summed E-state index contributed by atoms with van der Waals surface area (Å²) in [5.74, 6) is -0.463. The second-order valence-corrected chi connectivity index (χ2v) is 9.00. The van der Waals surface area contributed by atoms with Crippen LogP contribution in [0.5, 0.6) is 0 Å². The third-order valence-electron chi connectivity index (χ3n) is 5.46. The number of carbonyl (C=O) groups is 3. The standard InChI is InChI=1S/C22H25N3O4S.CH4.2H2S/c1-13(2)10-15(22(28)25-9-8-18-19(25)17(26)11-29-18)23-20(27)16-12-30-21(24-16)14-6-4-3-5-7-14;;;/h3-7,12-13,15,18-19H,8-11H2,1-2H3,(H,23,27);1H4;2*1H2/t15-,18+,19+;;;/m0.../s1. The fraction of sp³-hybridized carbons (Fsp3) is 0.478. The predicted molar refractivity (Wildman–Crippen MR) is 141 cm³/mol. The van der Waals surface area contributed by atoms with Crippen LogP contribution in [-0.4, -0.2) is 58.8 Å². The Bertz CT molecular complexity index is 951. The number of thiazole rings is 1. The van der Waals surface area contributed by atoms with Crippen LogP contribution in [-0.2, 0) is 14.3 Å². The van der Waals surface area contributed by atoms with Gasteiger partial charge in [0.15, 0.2) is 5.78 Å². The number of ether oxygens (including phenoxy) is 1. The van der Waals surface area contributed by atoms with E-state index in [1.54, 1.807) is 10.3 Å². The lowest BCUT2D eigenvalue weighted by Crippen LogP contribution is -2.52. The van der Waals surface area contributed by atoms with Crippen LogP contribution in [0.15, 0.2) is 35.7 Å². The largest absolute Gasteiger partial charge is 0.368 e. The van der Waals surface area contributed by atoms with Crippen molar-refractivity contribution in [1.29, 1.82) is 0 Å². The molecule has 2 aromatic rings. The van der Waals surface area contributed by atoms with E-state index in [1.807, 2.05) is 44.2 Å². The first-order chi connectivity index (χ1) is 14.4. The van der Waals surface area contributed by atoms with Gasteiger partial charge in [-0.2, -0.15) is 27.0 Å². The maximum absolute atomic E-state index is 13.2. The quantitative estimate of drug-likeness (QED) is 0.642. The van der Waals surface area contributed by atoms with Gasteiger partial charge in [0.1, 0.15) is 29.4 Å². The summed E-state index contributed by atoms with van der Waals surface area (Å²) in [6.45, 7) is 4.53. The number of Topliss-reactive ketones (excluding diaryl/α,β-unsaturated/α-hetero) is 1. The van der Waals surface area contributed by atoms with E-state index in [2.05, 4.69) is 10.3 Å². The summed E-state index contributed by atoms with van der Waals surface area (Å²) < 4.78 is 5.49. The van der Waals surface area contributed by atoms with Crippen LogP contribution >= 0.6 is 38.3 Å². The van der Waals surface area contributed by atoms with Gasteiger partial charge < -0.3 is 15.0 Å². The highest BCUT2D eigenvalue weighted by Crippen LogP contribution is 2.28. The molecule has 1 N–H and O–H groups in total. The van der Waals surface area contributed by atoms with Gasteiger partial charge in [-0.05, 0) is 18.8 Å². The van der Waals surface area contributed by atoms with Crippen LogP contribution in [0.1, 0.15) is 44.6 Å². The Kier molecular flexibility index (Phi) is 11.1. The van der Waals surface area contributed by atoms with E-state index in [-0.39, 0.29) is 70.6 Å². The molecule has 2 saturated heterocycles. The lowest BCUT2D eigenvalue weighted by atomic mass is 10.0. The van der Waals surface area contributed by atoms with Crippen molar-refractivity contribution in [1.82, 2.24) is 15.2 Å². The van der Waals surface area contributed by atoms with Gasteiger partial charge in [0, 0.05) is 17.5 Å². The number of nitrogens with zero attached hydrogens (tertiary/aromatic N) is 2. The van der Waals surface area contributed by atoms with E-state index >= 15 is 0 Å². The molecule has 0 unspecified atom stereocenters. The van der Waals surface area contributed by atoms with Gasteiger partial charge >= 0.3 is 0 Å². The topological polar surface area (TPSA) is 88.6 Å². The van der Waals surface area contributed by atoms with E-state index in [4.69, 9.17) is 4.74 Å². The average Bonchev–Trinajstić information content (AvgIpc) is 3.45. The van der Waals surface area contributed by atoms with E-state index in [0.717, 1.165) is 10.6 Å². The Labute approximate surface area is 213 Å². The zero-order chi connectivity index (χ0) is 21.3. The molecule has 182 valence electrons. The van der Waals surface area contributed by atoms with Crippen molar-refractivity contribution >= 4 is 55.9 Å². The summed E-state index contributed by atoms with van der Waals surface area (Å²) in [5.41, 5.74) is 1.24.